The van der Waals surface area contributed by atoms with Crippen LogP contribution in [0.25, 0.3) is 34.2 Å². The second-order valence-electron chi connectivity index (χ2n) is 18.6. The molecule has 2 aliphatic rings. The molecule has 376 valence electrons. The van der Waals surface area contributed by atoms with Gasteiger partial charge in [0.15, 0.2) is 17.4 Å². The summed E-state index contributed by atoms with van der Waals surface area (Å²) in [6.45, 7) is 8.00. The maximum absolute atomic E-state index is 14.0. The third-order valence-corrected chi connectivity index (χ3v) is 12.7. The van der Waals surface area contributed by atoms with Crippen molar-refractivity contribution in [1.82, 2.24) is 19.3 Å². The number of nitriles is 1. The van der Waals surface area contributed by atoms with Gasteiger partial charge in [-0.2, -0.15) is 10.2 Å². The van der Waals surface area contributed by atoms with Gasteiger partial charge in [-0.1, -0.05) is 61.2 Å². The Morgan fingerprint density at radius 2 is 1.15 bits per heavy atom. The molecule has 3 heterocycles. The van der Waals surface area contributed by atoms with Crippen LogP contribution in [0.4, 0.5) is 0 Å². The number of amidine groups is 1. The van der Waals surface area contributed by atoms with Gasteiger partial charge in [-0.25, -0.2) is 0 Å². The summed E-state index contributed by atoms with van der Waals surface area (Å²) >= 11 is 11.6. The van der Waals surface area contributed by atoms with E-state index < -0.39 is 11.1 Å². The van der Waals surface area contributed by atoms with Gasteiger partial charge in [0, 0.05) is 68.7 Å². The van der Waals surface area contributed by atoms with Crippen LogP contribution in [0.15, 0.2) is 116 Å². The molecule has 0 aliphatic heterocycles. The first-order chi connectivity index (χ1) is 34.7. The third-order valence-electron chi connectivity index (χ3n) is 12.2. The zero-order valence-electron chi connectivity index (χ0n) is 41.2. The molecule has 17 nitrogen and oxygen atoms in total. The Morgan fingerprint density at radius 3 is 1.62 bits per heavy atom. The van der Waals surface area contributed by atoms with Crippen LogP contribution in [0.3, 0.4) is 0 Å². The summed E-state index contributed by atoms with van der Waals surface area (Å²) < 4.78 is 30.1. The van der Waals surface area contributed by atoms with Crippen LogP contribution < -0.4 is 35.8 Å². The van der Waals surface area contributed by atoms with Crippen molar-refractivity contribution >= 4 is 40.6 Å². The molecule has 19 heteroatoms. The number of Topliss-reactive ketones (excluding diaryl/α,β-unsaturated/α-hetero) is 2. The average Bonchev–Trinajstić information content (AvgIpc) is 3.86. The predicted octanol–water partition coefficient (Wildman–Crippen LogP) is 9.70. The maximum atomic E-state index is 14.0. The van der Waals surface area contributed by atoms with Gasteiger partial charge >= 0.3 is 0 Å². The molecule has 0 fully saturated rings. The summed E-state index contributed by atoms with van der Waals surface area (Å²) in [6, 6.07) is 28.8. The minimum absolute atomic E-state index is 0.0148. The number of fused-ring (bicyclic) bond motifs is 2. The Labute approximate surface area is 429 Å². The normalized spacial score (nSPS) is 14.2. The molecule has 7 aromatic rings. The molecular formula is C54H51Cl2N7O10. The van der Waals surface area contributed by atoms with Gasteiger partial charge in [0.1, 0.15) is 40.2 Å². The summed E-state index contributed by atoms with van der Waals surface area (Å²) in [4.78, 5) is 57.4. The Morgan fingerprint density at radius 1 is 0.671 bits per heavy atom. The first-order valence-electron chi connectivity index (χ1n) is 22.6. The van der Waals surface area contributed by atoms with Gasteiger partial charge in [-0.05, 0) is 109 Å². The zero-order valence-corrected chi connectivity index (χ0v) is 42.7. The van der Waals surface area contributed by atoms with E-state index >= 15 is 0 Å². The topological polar surface area (TPSA) is 236 Å². The number of nitrogens with zero attached hydrogens (tertiary/aromatic N) is 6. The van der Waals surface area contributed by atoms with Crippen molar-refractivity contribution < 1.29 is 38.3 Å². The summed E-state index contributed by atoms with van der Waals surface area (Å²) in [5.74, 6) is 2.28. The number of methoxy groups -OCH3 is 4. The van der Waals surface area contributed by atoms with Crippen LogP contribution in [-0.4, -0.2) is 70.3 Å². The minimum atomic E-state index is -0.469. The third kappa shape index (κ3) is 11.3. The van der Waals surface area contributed by atoms with Crippen molar-refractivity contribution in [2.24, 2.45) is 21.7 Å². The first-order valence-corrected chi connectivity index (χ1v) is 23.3. The number of ether oxygens (including phenoxy) is 4. The van der Waals surface area contributed by atoms with Gasteiger partial charge in [0.25, 0.3) is 17.0 Å². The van der Waals surface area contributed by atoms with Crippen molar-refractivity contribution in [2.45, 2.75) is 53.4 Å². The van der Waals surface area contributed by atoms with E-state index in [0.717, 1.165) is 0 Å². The lowest BCUT2D eigenvalue weighted by molar-refractivity contribution is 0.0899. The van der Waals surface area contributed by atoms with Crippen molar-refractivity contribution in [3.05, 3.63) is 161 Å². The van der Waals surface area contributed by atoms with Gasteiger partial charge < -0.3 is 34.4 Å². The summed E-state index contributed by atoms with van der Waals surface area (Å²) in [6.07, 6.45) is 1.78. The number of hydrogen-bond donors (Lipinski definition) is 2. The average molecular weight is 1030 g/mol. The van der Waals surface area contributed by atoms with E-state index in [1.54, 1.807) is 98.1 Å². The molecule has 0 radical (unpaired) electrons. The Bertz CT molecular complexity index is 3440. The van der Waals surface area contributed by atoms with E-state index in [2.05, 4.69) is 15.3 Å². The highest BCUT2D eigenvalue weighted by atomic mass is 35.5. The second kappa shape index (κ2) is 21.7. The fraction of sp³-hybridized carbons (Fsp3) is 0.259. The molecule has 0 saturated carbocycles. The molecule has 0 saturated heterocycles. The van der Waals surface area contributed by atoms with Crippen LogP contribution in [0.2, 0.25) is 10.0 Å². The number of rotatable bonds is 9. The van der Waals surface area contributed by atoms with E-state index in [-0.39, 0.29) is 45.2 Å². The maximum Gasteiger partial charge on any atom is 0.273 e. The van der Waals surface area contributed by atoms with Gasteiger partial charge in [0.2, 0.25) is 5.82 Å². The smallest absolute Gasteiger partial charge is 0.273 e. The molecule has 9 rings (SSSR count). The second-order valence-corrected chi connectivity index (χ2v) is 19.5. The molecule has 0 atom stereocenters. The Hall–Kier alpha value is -8.20. The van der Waals surface area contributed by atoms with Crippen LogP contribution >= 0.6 is 23.2 Å². The lowest BCUT2D eigenvalue weighted by Crippen LogP contribution is -2.35. The molecule has 0 bridgehead atoms. The van der Waals surface area contributed by atoms with Crippen LogP contribution in [0.5, 0.6) is 23.0 Å². The highest BCUT2D eigenvalue weighted by molar-refractivity contribution is 6.31. The fourth-order valence-corrected chi connectivity index (χ4v) is 8.89. The summed E-state index contributed by atoms with van der Waals surface area (Å²) in [5, 5.41) is 25.8. The first kappa shape index (κ1) is 52.6. The largest absolute Gasteiger partial charge is 0.497 e. The van der Waals surface area contributed by atoms with Gasteiger partial charge in [-0.3, -0.25) is 28.3 Å². The molecular weight excluding hydrogens is 978 g/mol. The number of aromatic nitrogens is 4. The lowest BCUT2D eigenvalue weighted by Gasteiger charge is -2.32. The molecule has 0 spiro atoms. The number of nitrogens with two attached hydrogens (primary N) is 1. The van der Waals surface area contributed by atoms with Crippen LogP contribution in [0, 0.1) is 22.2 Å². The van der Waals surface area contributed by atoms with Crippen LogP contribution in [-0.2, 0) is 12.8 Å². The van der Waals surface area contributed by atoms with Crippen molar-refractivity contribution in [3.63, 3.8) is 0 Å². The number of carbonyl (C=O) groups excluding carboxylic acids is 2. The standard InChI is InChI=1S/C27H24ClN3O5.C20H20N2O4.C7H7ClN2O/c1-27(2)13-21-18(22(32)14-27)12-19(25-29-24(30-36-25)15-5-7-16(28)8-6-15)26(33)31(21)20-11-17(34-3)9-10-23(20)35-4;1-20(2)9-16-14(17(23)10-20)7-12(11-21)19(24)22(16)15-8-13(25-3)5-6-18(15)26-4;8-6-3-1-5(2-4-6)7(9)10-11/h5-12H,13-14H2,1-4H3;5-8H,9-10H2,1-4H3;1-4,11H,(H2,9,10). The van der Waals surface area contributed by atoms with E-state index in [9.17, 15) is 24.4 Å². The Kier molecular flexibility index (Phi) is 15.6. The number of benzene rings is 4. The highest BCUT2D eigenvalue weighted by Crippen LogP contribution is 2.40. The SMILES string of the molecule is COc1ccc(OC)c(-n2c3c(cc(-c4nc(-c5ccc(Cl)cc5)no4)c2=O)C(=O)CC(C)(C)C3)c1.COc1ccc(OC)c(-n2c3c(cc(C#N)c2=O)C(=O)CC(C)(C)C3)c1.N/C(=N\O)c1ccc(Cl)cc1. The molecule has 73 heavy (non-hydrogen) atoms. The molecule has 4 aromatic carbocycles. The monoisotopic (exact) mass is 1030 g/mol. The summed E-state index contributed by atoms with van der Waals surface area (Å²) in [7, 11) is 6.11. The van der Waals surface area contributed by atoms with Crippen molar-refractivity contribution in [3.8, 4) is 63.3 Å². The van der Waals surface area contributed by atoms with E-state index in [1.165, 1.54) is 36.5 Å². The van der Waals surface area contributed by atoms with E-state index in [4.69, 9.17) is 57.6 Å². The lowest BCUT2D eigenvalue weighted by atomic mass is 9.75. The number of carbonyl (C=O) groups is 2. The summed E-state index contributed by atoms with van der Waals surface area (Å²) in [5.41, 5.74) is 8.20. The Balaban J connectivity index is 0.000000183. The number of ketones is 2. The van der Waals surface area contributed by atoms with Crippen molar-refractivity contribution in [2.75, 3.05) is 28.4 Å². The molecule has 0 amide bonds. The van der Waals surface area contributed by atoms with Gasteiger partial charge in [-0.15, -0.1) is 0 Å². The van der Waals surface area contributed by atoms with Crippen molar-refractivity contribution in [1.29, 1.82) is 5.26 Å². The fourth-order valence-electron chi connectivity index (χ4n) is 8.64. The number of oxime groups is 1. The van der Waals surface area contributed by atoms with E-state index in [1.807, 2.05) is 33.8 Å². The molecule has 3 aromatic heterocycles. The minimum Gasteiger partial charge on any atom is -0.497 e. The molecule has 0 unspecified atom stereocenters. The number of pyridine rings is 2. The quantitative estimate of drug-likeness (QED) is 0.0593. The predicted molar refractivity (Wildman–Crippen MR) is 276 cm³/mol. The number of hydrogen-bond acceptors (Lipinski definition) is 14. The highest BCUT2D eigenvalue weighted by Gasteiger charge is 2.37. The molecule has 2 aliphatic carbocycles. The van der Waals surface area contributed by atoms with Gasteiger partial charge in [0.05, 0.1) is 39.8 Å². The zero-order chi connectivity index (χ0) is 52.9. The number of halogens is 2. The molecule has 3 N–H and O–H groups in total. The van der Waals surface area contributed by atoms with E-state index in [0.29, 0.717) is 110 Å². The van der Waals surface area contributed by atoms with Crippen LogP contribution in [0.1, 0.15) is 83.8 Å².